The Hall–Kier alpha value is -3.20. The summed E-state index contributed by atoms with van der Waals surface area (Å²) < 4.78 is 0. The minimum Gasteiger partial charge on any atom is -0.368 e. The van der Waals surface area contributed by atoms with Crippen LogP contribution in [0.25, 0.3) is 0 Å². The maximum Gasteiger partial charge on any atom is 0.251 e. The van der Waals surface area contributed by atoms with Crippen LogP contribution in [0.3, 0.4) is 0 Å². The Kier molecular flexibility index (Phi) is 5.74. The van der Waals surface area contributed by atoms with E-state index in [0.717, 1.165) is 22.5 Å². The highest BCUT2D eigenvalue weighted by Gasteiger charge is 2.16. The van der Waals surface area contributed by atoms with Gasteiger partial charge in [-0.15, -0.1) is 0 Å². The molecule has 0 saturated heterocycles. The van der Waals surface area contributed by atoms with E-state index in [4.69, 9.17) is 11.5 Å². The van der Waals surface area contributed by atoms with Gasteiger partial charge in [0.05, 0.1) is 11.3 Å². The normalized spacial score (nSPS) is 10.7. The molecule has 0 aliphatic heterocycles. The molecule has 0 bridgehead atoms. The molecule has 2 heterocycles. The molecule has 3 aromatic rings. The van der Waals surface area contributed by atoms with Crippen molar-refractivity contribution in [2.24, 2.45) is 5.73 Å². The van der Waals surface area contributed by atoms with Crippen molar-refractivity contribution in [1.29, 1.82) is 0 Å². The first-order valence-corrected chi connectivity index (χ1v) is 9.56. The molecule has 0 fully saturated rings. The van der Waals surface area contributed by atoms with E-state index in [1.165, 1.54) is 11.8 Å². The van der Waals surface area contributed by atoms with Crippen LogP contribution in [0.2, 0.25) is 0 Å². The van der Waals surface area contributed by atoms with Gasteiger partial charge in [-0.3, -0.25) is 4.79 Å². The van der Waals surface area contributed by atoms with E-state index >= 15 is 0 Å². The monoisotopic (exact) mass is 395 g/mol. The van der Waals surface area contributed by atoms with Crippen molar-refractivity contribution in [2.75, 3.05) is 11.1 Å². The Balaban J connectivity index is 1.84. The van der Waals surface area contributed by atoms with Crippen LogP contribution in [0.5, 0.6) is 0 Å². The van der Waals surface area contributed by atoms with Crippen LogP contribution in [-0.4, -0.2) is 25.8 Å². The zero-order chi connectivity index (χ0) is 20.3. The van der Waals surface area contributed by atoms with E-state index < -0.39 is 5.91 Å². The highest BCUT2D eigenvalue weighted by Crippen LogP contribution is 2.27. The van der Waals surface area contributed by atoms with Crippen molar-refractivity contribution in [3.8, 4) is 0 Å². The smallest absolute Gasteiger partial charge is 0.251 e. The Morgan fingerprint density at radius 2 is 1.82 bits per heavy atom. The van der Waals surface area contributed by atoms with Crippen molar-refractivity contribution >= 4 is 35.3 Å². The fourth-order valence-electron chi connectivity index (χ4n) is 2.73. The second-order valence-corrected chi connectivity index (χ2v) is 7.25. The van der Waals surface area contributed by atoms with E-state index in [-0.39, 0.29) is 5.95 Å². The molecule has 0 radical (unpaired) electrons. The van der Waals surface area contributed by atoms with Gasteiger partial charge >= 0.3 is 0 Å². The van der Waals surface area contributed by atoms with Gasteiger partial charge in [-0.2, -0.15) is 15.0 Å². The number of thioether (sulfide) groups is 1. The van der Waals surface area contributed by atoms with Crippen LogP contribution in [-0.2, 0) is 5.75 Å². The lowest BCUT2D eigenvalue weighted by molar-refractivity contribution is 0.0996. The first-order chi connectivity index (χ1) is 13.3. The zero-order valence-corrected chi connectivity index (χ0v) is 16.7. The summed E-state index contributed by atoms with van der Waals surface area (Å²) in [6.07, 6.45) is 0. The Bertz CT molecular complexity index is 1040. The maximum atomic E-state index is 11.8. The molecule has 28 heavy (non-hydrogen) atoms. The number of amides is 1. The van der Waals surface area contributed by atoms with Gasteiger partial charge in [0.2, 0.25) is 11.9 Å². The van der Waals surface area contributed by atoms with E-state index in [2.05, 4.69) is 25.3 Å². The SMILES string of the molecule is Cc1cc(C)c(C(N)=O)c(SCc2nc(N)nc(Nc3ccccc3C)n2)n1. The highest BCUT2D eigenvalue weighted by atomic mass is 32.2. The number of aryl methyl sites for hydroxylation is 3. The maximum absolute atomic E-state index is 11.8. The van der Waals surface area contributed by atoms with Crippen molar-refractivity contribution in [2.45, 2.75) is 31.6 Å². The highest BCUT2D eigenvalue weighted by molar-refractivity contribution is 7.98. The van der Waals surface area contributed by atoms with E-state index in [1.54, 1.807) is 0 Å². The molecule has 0 atom stereocenters. The Morgan fingerprint density at radius 3 is 2.54 bits per heavy atom. The molecule has 0 unspecified atom stereocenters. The van der Waals surface area contributed by atoms with Crippen LogP contribution in [0.4, 0.5) is 17.6 Å². The molecule has 9 heteroatoms. The van der Waals surface area contributed by atoms with Crippen LogP contribution in [0.15, 0.2) is 35.4 Å². The molecule has 3 rings (SSSR count). The summed E-state index contributed by atoms with van der Waals surface area (Å²) in [7, 11) is 0. The second kappa shape index (κ2) is 8.22. The lowest BCUT2D eigenvalue weighted by Gasteiger charge is -2.11. The Labute approximate surface area is 167 Å². The third kappa shape index (κ3) is 4.55. The number of nitrogens with zero attached hydrogens (tertiary/aromatic N) is 4. The molecule has 5 N–H and O–H groups in total. The van der Waals surface area contributed by atoms with Crippen LogP contribution < -0.4 is 16.8 Å². The molecule has 0 aliphatic carbocycles. The quantitative estimate of drug-likeness (QED) is 0.543. The van der Waals surface area contributed by atoms with Gasteiger partial charge in [0.1, 0.15) is 10.9 Å². The summed E-state index contributed by atoms with van der Waals surface area (Å²) in [5.74, 6) is 0.811. The standard InChI is InChI=1S/C19H21N7OS/c1-10-6-4-5-7-13(10)23-19-25-14(24-18(21)26-19)9-28-17-15(16(20)27)11(2)8-12(3)22-17/h4-8H,9H2,1-3H3,(H2,20,27)(H3,21,23,24,25,26). The fourth-order valence-corrected chi connectivity index (χ4v) is 3.74. The first kappa shape index (κ1) is 19.6. The molecule has 0 aliphatic rings. The summed E-state index contributed by atoms with van der Waals surface area (Å²) in [5, 5.41) is 3.71. The molecule has 2 aromatic heterocycles. The molecule has 8 nitrogen and oxygen atoms in total. The number of hydrogen-bond acceptors (Lipinski definition) is 8. The number of carbonyl (C=O) groups excluding carboxylic acids is 1. The van der Waals surface area contributed by atoms with Gasteiger partial charge in [0.15, 0.2) is 0 Å². The third-order valence-electron chi connectivity index (χ3n) is 3.99. The molecule has 1 amide bonds. The summed E-state index contributed by atoms with van der Waals surface area (Å²) in [4.78, 5) is 29.0. The van der Waals surface area contributed by atoms with Crippen molar-refractivity contribution in [3.05, 3.63) is 58.5 Å². The molecular formula is C19H21N7OS. The number of primary amides is 1. The number of nitrogens with two attached hydrogens (primary N) is 2. The average Bonchev–Trinajstić information content (AvgIpc) is 2.60. The predicted octanol–water partition coefficient (Wildman–Crippen LogP) is 2.91. The number of benzene rings is 1. The number of aromatic nitrogens is 4. The first-order valence-electron chi connectivity index (χ1n) is 8.57. The number of nitrogen functional groups attached to an aromatic ring is 1. The van der Waals surface area contributed by atoms with E-state index in [1.807, 2.05) is 51.1 Å². The number of carbonyl (C=O) groups is 1. The van der Waals surface area contributed by atoms with E-state index in [9.17, 15) is 4.79 Å². The summed E-state index contributed by atoms with van der Waals surface area (Å²) >= 11 is 1.34. The van der Waals surface area contributed by atoms with Gasteiger partial charge in [-0.25, -0.2) is 4.98 Å². The van der Waals surface area contributed by atoms with Gasteiger partial charge < -0.3 is 16.8 Å². The topological polar surface area (TPSA) is 133 Å². The summed E-state index contributed by atoms with van der Waals surface area (Å²) in [6.45, 7) is 5.69. The molecular weight excluding hydrogens is 374 g/mol. The van der Waals surface area contributed by atoms with Crippen LogP contribution >= 0.6 is 11.8 Å². The lowest BCUT2D eigenvalue weighted by Crippen LogP contribution is -2.15. The van der Waals surface area contributed by atoms with Crippen LogP contribution in [0, 0.1) is 20.8 Å². The van der Waals surface area contributed by atoms with Crippen molar-refractivity contribution < 1.29 is 4.79 Å². The number of anilines is 3. The number of hydrogen-bond donors (Lipinski definition) is 3. The largest absolute Gasteiger partial charge is 0.368 e. The summed E-state index contributed by atoms with van der Waals surface area (Å²) in [5.41, 5.74) is 15.3. The van der Waals surface area contributed by atoms with Crippen molar-refractivity contribution in [1.82, 2.24) is 19.9 Å². The number of nitrogens with one attached hydrogen (secondary N) is 1. The second-order valence-electron chi connectivity index (χ2n) is 6.29. The predicted molar refractivity (Wildman–Crippen MR) is 110 cm³/mol. The van der Waals surface area contributed by atoms with Gasteiger partial charge in [-0.05, 0) is 44.0 Å². The van der Waals surface area contributed by atoms with Gasteiger partial charge in [0, 0.05) is 11.4 Å². The Morgan fingerprint density at radius 1 is 1.07 bits per heavy atom. The van der Waals surface area contributed by atoms with Crippen LogP contribution in [0.1, 0.15) is 33.0 Å². The third-order valence-corrected chi connectivity index (χ3v) is 4.96. The summed E-state index contributed by atoms with van der Waals surface area (Å²) in [6, 6.07) is 9.63. The minimum atomic E-state index is -0.510. The molecule has 1 aromatic carbocycles. The fraction of sp³-hybridized carbons (Fsp3) is 0.211. The molecule has 0 spiro atoms. The zero-order valence-electron chi connectivity index (χ0n) is 15.9. The average molecular weight is 395 g/mol. The number of para-hydroxylation sites is 1. The number of rotatable bonds is 6. The lowest BCUT2D eigenvalue weighted by atomic mass is 10.1. The number of pyridine rings is 1. The molecule has 0 saturated carbocycles. The minimum absolute atomic E-state index is 0.116. The van der Waals surface area contributed by atoms with Crippen molar-refractivity contribution in [3.63, 3.8) is 0 Å². The van der Waals surface area contributed by atoms with E-state index in [0.29, 0.717) is 28.1 Å². The van der Waals surface area contributed by atoms with Gasteiger partial charge in [-0.1, -0.05) is 30.0 Å². The van der Waals surface area contributed by atoms with Gasteiger partial charge in [0.25, 0.3) is 5.91 Å². The molecule has 144 valence electrons.